The Morgan fingerprint density at radius 1 is 1.16 bits per heavy atom. The fraction of sp³-hybridized carbons (Fsp3) is 0.400. The molecule has 1 aromatic carbocycles. The van der Waals surface area contributed by atoms with Gasteiger partial charge in [0.25, 0.3) is 0 Å². The van der Waals surface area contributed by atoms with Crippen LogP contribution in [0.1, 0.15) is 5.56 Å². The number of nitrogens with one attached hydrogen (secondary N) is 1. The Kier molecular flexibility index (Phi) is 6.82. The van der Waals surface area contributed by atoms with Crippen molar-refractivity contribution in [3.63, 3.8) is 0 Å². The second-order valence-electron chi connectivity index (χ2n) is 7.29. The molecular formula is C20H21F3N4O5. The van der Waals surface area contributed by atoms with E-state index in [1.807, 2.05) is 18.2 Å². The minimum Gasteiger partial charge on any atom is -0.445 e. The lowest BCUT2D eigenvalue weighted by Gasteiger charge is -2.42. The first-order chi connectivity index (χ1) is 15.1. The summed E-state index contributed by atoms with van der Waals surface area (Å²) in [6.45, 7) is 0.677. The van der Waals surface area contributed by atoms with Gasteiger partial charge in [0, 0.05) is 32.3 Å². The standard InChI is InChI=1S/C20H21F3N4O5/c21-20(22,23)17(28)24-19(27(30)31)9-5-4-8-16(19)25-10-12-26(13-11-25)18(29)32-14-15-6-2-1-3-7-15/h1-9,16H,10-14H2,(H,24,28). The van der Waals surface area contributed by atoms with Gasteiger partial charge in [0.1, 0.15) is 12.6 Å². The zero-order chi connectivity index (χ0) is 23.4. The van der Waals surface area contributed by atoms with Crippen LogP contribution in [0.25, 0.3) is 0 Å². The van der Waals surface area contributed by atoms with E-state index in [0.29, 0.717) is 0 Å². The summed E-state index contributed by atoms with van der Waals surface area (Å²) in [4.78, 5) is 37.7. The predicted octanol–water partition coefficient (Wildman–Crippen LogP) is 2.09. The van der Waals surface area contributed by atoms with Crippen molar-refractivity contribution < 1.29 is 32.4 Å². The summed E-state index contributed by atoms with van der Waals surface area (Å²) in [5, 5.41) is 13.4. The molecular weight excluding hydrogens is 433 g/mol. The molecule has 3 rings (SSSR count). The summed E-state index contributed by atoms with van der Waals surface area (Å²) in [5.41, 5.74) is -1.67. The van der Waals surface area contributed by atoms with Crippen LogP contribution in [0.5, 0.6) is 0 Å². The molecule has 1 saturated heterocycles. The molecule has 172 valence electrons. The summed E-state index contributed by atoms with van der Waals surface area (Å²) in [7, 11) is 0. The Hall–Kier alpha value is -3.41. The molecule has 0 aromatic heterocycles. The Morgan fingerprint density at radius 2 is 1.81 bits per heavy atom. The maximum absolute atomic E-state index is 12.8. The molecule has 1 aliphatic carbocycles. The normalized spacial score (nSPS) is 23.6. The number of amides is 2. The number of nitro groups is 1. The van der Waals surface area contributed by atoms with Crippen molar-refractivity contribution >= 4 is 12.0 Å². The molecule has 2 atom stereocenters. The lowest BCUT2D eigenvalue weighted by Crippen LogP contribution is -2.68. The van der Waals surface area contributed by atoms with Gasteiger partial charge >= 0.3 is 23.8 Å². The number of halogens is 3. The van der Waals surface area contributed by atoms with Crippen molar-refractivity contribution in [2.45, 2.75) is 24.5 Å². The molecule has 0 bridgehead atoms. The molecule has 32 heavy (non-hydrogen) atoms. The van der Waals surface area contributed by atoms with Crippen molar-refractivity contribution in [2.75, 3.05) is 26.2 Å². The second-order valence-corrected chi connectivity index (χ2v) is 7.29. The number of carbonyl (C=O) groups is 2. The molecule has 2 aliphatic rings. The van der Waals surface area contributed by atoms with Crippen LogP contribution in [0.15, 0.2) is 54.6 Å². The number of hydrogen-bond donors (Lipinski definition) is 1. The molecule has 2 amide bonds. The lowest BCUT2D eigenvalue weighted by molar-refractivity contribution is -0.567. The number of allylic oxidation sites excluding steroid dienone is 2. The van der Waals surface area contributed by atoms with E-state index in [0.717, 1.165) is 11.6 Å². The summed E-state index contributed by atoms with van der Waals surface area (Å²) in [5.74, 6) is -2.40. The van der Waals surface area contributed by atoms with Gasteiger partial charge in [-0.2, -0.15) is 13.2 Å². The van der Waals surface area contributed by atoms with Crippen LogP contribution in [0.2, 0.25) is 0 Å². The molecule has 1 heterocycles. The van der Waals surface area contributed by atoms with Crippen LogP contribution in [0.4, 0.5) is 18.0 Å². The summed E-state index contributed by atoms with van der Waals surface area (Å²) in [6, 6.07) is 7.90. The topological polar surface area (TPSA) is 105 Å². The third kappa shape index (κ3) is 5.07. The molecule has 2 unspecified atom stereocenters. The highest BCUT2D eigenvalue weighted by atomic mass is 19.4. The van der Waals surface area contributed by atoms with E-state index >= 15 is 0 Å². The number of hydrogen-bond acceptors (Lipinski definition) is 6. The van der Waals surface area contributed by atoms with Crippen molar-refractivity contribution in [3.8, 4) is 0 Å². The van der Waals surface area contributed by atoms with E-state index in [1.165, 1.54) is 23.1 Å². The van der Waals surface area contributed by atoms with Gasteiger partial charge in [-0.25, -0.2) is 4.79 Å². The zero-order valence-corrected chi connectivity index (χ0v) is 16.8. The highest BCUT2D eigenvalue weighted by molar-refractivity contribution is 5.82. The first-order valence-corrected chi connectivity index (χ1v) is 9.73. The second kappa shape index (κ2) is 9.39. The lowest BCUT2D eigenvalue weighted by atomic mass is 9.93. The quantitative estimate of drug-likeness (QED) is 0.415. The fourth-order valence-corrected chi connectivity index (χ4v) is 3.59. The summed E-state index contributed by atoms with van der Waals surface area (Å²) < 4.78 is 43.7. The molecule has 1 fully saturated rings. The van der Waals surface area contributed by atoms with Crippen LogP contribution < -0.4 is 5.32 Å². The Morgan fingerprint density at radius 3 is 2.41 bits per heavy atom. The molecule has 0 radical (unpaired) electrons. The van der Waals surface area contributed by atoms with E-state index in [9.17, 15) is 32.9 Å². The number of benzene rings is 1. The third-order valence-electron chi connectivity index (χ3n) is 5.25. The molecule has 1 aromatic rings. The number of alkyl halides is 3. The molecule has 0 saturated carbocycles. The first kappa shape index (κ1) is 23.3. The Bertz CT molecular complexity index is 914. The van der Waals surface area contributed by atoms with Crippen LogP contribution >= 0.6 is 0 Å². The number of piperazine rings is 1. The number of carbonyl (C=O) groups excluding carboxylic acids is 2. The summed E-state index contributed by atoms with van der Waals surface area (Å²) >= 11 is 0. The van der Waals surface area contributed by atoms with Crippen molar-refractivity contribution in [1.29, 1.82) is 0 Å². The highest BCUT2D eigenvalue weighted by Crippen LogP contribution is 2.27. The smallest absolute Gasteiger partial charge is 0.445 e. The average molecular weight is 454 g/mol. The fourth-order valence-electron chi connectivity index (χ4n) is 3.59. The molecule has 9 nitrogen and oxygen atoms in total. The summed E-state index contributed by atoms with van der Waals surface area (Å²) in [6.07, 6.45) is -0.854. The first-order valence-electron chi connectivity index (χ1n) is 9.73. The van der Waals surface area contributed by atoms with Crippen LogP contribution in [-0.2, 0) is 16.1 Å². The average Bonchev–Trinajstić information content (AvgIpc) is 2.78. The Labute approximate surface area is 181 Å². The predicted molar refractivity (Wildman–Crippen MR) is 106 cm³/mol. The van der Waals surface area contributed by atoms with Crippen molar-refractivity contribution in [2.24, 2.45) is 0 Å². The van der Waals surface area contributed by atoms with E-state index in [1.54, 1.807) is 22.3 Å². The van der Waals surface area contributed by atoms with Crippen LogP contribution in [0, 0.1) is 10.1 Å². The van der Waals surface area contributed by atoms with Crippen molar-refractivity contribution in [3.05, 3.63) is 70.3 Å². The molecule has 0 spiro atoms. The van der Waals surface area contributed by atoms with Gasteiger partial charge < -0.3 is 9.64 Å². The minimum atomic E-state index is -5.27. The number of ether oxygens (including phenoxy) is 1. The van der Waals surface area contributed by atoms with Gasteiger partial charge in [0.2, 0.25) is 0 Å². The van der Waals surface area contributed by atoms with Crippen LogP contribution in [0.3, 0.4) is 0 Å². The van der Waals surface area contributed by atoms with Gasteiger partial charge in [0.15, 0.2) is 0 Å². The van der Waals surface area contributed by atoms with Crippen LogP contribution in [-0.4, -0.2) is 70.8 Å². The third-order valence-corrected chi connectivity index (χ3v) is 5.25. The van der Waals surface area contributed by atoms with Crippen molar-refractivity contribution in [1.82, 2.24) is 15.1 Å². The number of nitrogens with zero attached hydrogens (tertiary/aromatic N) is 3. The maximum Gasteiger partial charge on any atom is 0.471 e. The van der Waals surface area contributed by atoms with E-state index in [-0.39, 0.29) is 32.8 Å². The molecule has 12 heteroatoms. The minimum absolute atomic E-state index is 0.0873. The van der Waals surface area contributed by atoms with E-state index in [4.69, 9.17) is 4.74 Å². The van der Waals surface area contributed by atoms with Gasteiger partial charge in [-0.3, -0.25) is 25.1 Å². The zero-order valence-electron chi connectivity index (χ0n) is 16.8. The van der Waals surface area contributed by atoms with Gasteiger partial charge in [-0.1, -0.05) is 48.6 Å². The largest absolute Gasteiger partial charge is 0.471 e. The van der Waals surface area contributed by atoms with E-state index in [2.05, 4.69) is 0 Å². The van der Waals surface area contributed by atoms with Gasteiger partial charge in [0.05, 0.1) is 4.92 Å². The molecule has 1 aliphatic heterocycles. The SMILES string of the molecule is O=C(OCc1ccccc1)N1CCN(C2C=CC=CC2(NC(=O)C(F)(F)F)[N+](=O)[O-])CC1. The van der Waals surface area contributed by atoms with Gasteiger partial charge in [-0.15, -0.1) is 0 Å². The van der Waals surface area contributed by atoms with Gasteiger partial charge in [-0.05, 0) is 5.56 Å². The number of rotatable bonds is 5. The Balaban J connectivity index is 1.65. The maximum atomic E-state index is 12.8. The molecule has 1 N–H and O–H groups in total. The van der Waals surface area contributed by atoms with E-state index < -0.39 is 34.8 Å². The highest BCUT2D eigenvalue weighted by Gasteiger charge is 2.56. The monoisotopic (exact) mass is 454 g/mol.